The van der Waals surface area contributed by atoms with E-state index in [1.54, 1.807) is 12.1 Å². The second-order valence-corrected chi connectivity index (χ2v) is 6.85. The van der Waals surface area contributed by atoms with E-state index in [-0.39, 0.29) is 18.2 Å². The molecule has 27 heavy (non-hydrogen) atoms. The average molecular weight is 365 g/mol. The molecule has 142 valence electrons. The molecule has 2 aromatic carbocycles. The zero-order chi connectivity index (χ0) is 19.2. The molecule has 0 fully saturated rings. The Hall–Kier alpha value is -2.82. The van der Waals surface area contributed by atoms with Gasteiger partial charge in [-0.25, -0.2) is 0 Å². The Bertz CT molecular complexity index is 811. The molecule has 2 N–H and O–H groups in total. The number of hydrogen-bond acceptors (Lipinski definition) is 3. The minimum Gasteiger partial charge on any atom is -0.372 e. The molecule has 0 saturated carbocycles. The summed E-state index contributed by atoms with van der Waals surface area (Å²) >= 11 is 0. The van der Waals surface area contributed by atoms with Crippen molar-refractivity contribution < 1.29 is 9.59 Å². The Morgan fingerprint density at radius 3 is 2.33 bits per heavy atom. The molecule has 3 rings (SSSR count). The number of hydrazine groups is 1. The molecule has 0 heterocycles. The summed E-state index contributed by atoms with van der Waals surface area (Å²) in [5.74, 6) is -0.538. The SMILES string of the molecule is CCN(CC)c1ccc(C(=O)NNC(=O)Cc2ccc3c(c2)CCC3)cc1. The molecular weight excluding hydrogens is 338 g/mol. The van der Waals surface area contributed by atoms with Crippen molar-refractivity contribution in [2.24, 2.45) is 0 Å². The number of anilines is 1. The van der Waals surface area contributed by atoms with Crippen molar-refractivity contribution in [2.75, 3.05) is 18.0 Å². The Labute approximate surface area is 160 Å². The molecule has 0 aliphatic heterocycles. The van der Waals surface area contributed by atoms with Crippen molar-refractivity contribution in [3.63, 3.8) is 0 Å². The van der Waals surface area contributed by atoms with Crippen LogP contribution in [0.15, 0.2) is 42.5 Å². The number of nitrogens with zero attached hydrogens (tertiary/aromatic N) is 1. The highest BCUT2D eigenvalue weighted by molar-refractivity contribution is 5.95. The van der Waals surface area contributed by atoms with Gasteiger partial charge in [0.25, 0.3) is 5.91 Å². The molecular formula is C22H27N3O2. The van der Waals surface area contributed by atoms with E-state index in [0.717, 1.165) is 37.2 Å². The highest BCUT2D eigenvalue weighted by Crippen LogP contribution is 2.23. The Kier molecular flexibility index (Phi) is 6.12. The van der Waals surface area contributed by atoms with Crippen molar-refractivity contribution in [1.29, 1.82) is 0 Å². The van der Waals surface area contributed by atoms with Crippen LogP contribution in [0.4, 0.5) is 5.69 Å². The summed E-state index contributed by atoms with van der Waals surface area (Å²) in [4.78, 5) is 26.6. The van der Waals surface area contributed by atoms with Gasteiger partial charge in [-0.15, -0.1) is 0 Å². The van der Waals surface area contributed by atoms with Crippen LogP contribution >= 0.6 is 0 Å². The van der Waals surface area contributed by atoms with Gasteiger partial charge in [0, 0.05) is 24.3 Å². The van der Waals surface area contributed by atoms with E-state index in [1.807, 2.05) is 18.2 Å². The summed E-state index contributed by atoms with van der Waals surface area (Å²) < 4.78 is 0. The molecule has 1 aliphatic rings. The van der Waals surface area contributed by atoms with Crippen LogP contribution in [0.5, 0.6) is 0 Å². The van der Waals surface area contributed by atoms with E-state index in [4.69, 9.17) is 0 Å². The number of amides is 2. The van der Waals surface area contributed by atoms with Gasteiger partial charge in [0.15, 0.2) is 0 Å². The molecule has 0 spiro atoms. The number of benzene rings is 2. The Morgan fingerprint density at radius 1 is 0.926 bits per heavy atom. The maximum Gasteiger partial charge on any atom is 0.269 e. The summed E-state index contributed by atoms with van der Waals surface area (Å²) in [6, 6.07) is 13.6. The van der Waals surface area contributed by atoms with Crippen LogP contribution in [-0.2, 0) is 24.1 Å². The van der Waals surface area contributed by atoms with Gasteiger partial charge in [0.2, 0.25) is 5.91 Å². The van der Waals surface area contributed by atoms with Crippen LogP contribution < -0.4 is 15.8 Å². The fourth-order valence-corrected chi connectivity index (χ4v) is 3.58. The fraction of sp³-hybridized carbons (Fsp3) is 0.364. The van der Waals surface area contributed by atoms with Crippen LogP contribution in [0.25, 0.3) is 0 Å². The first kappa shape index (κ1) is 19.0. The van der Waals surface area contributed by atoms with Crippen LogP contribution in [0, 0.1) is 0 Å². The Morgan fingerprint density at radius 2 is 1.63 bits per heavy atom. The van der Waals surface area contributed by atoms with Gasteiger partial charge in [-0.1, -0.05) is 18.2 Å². The number of aryl methyl sites for hydroxylation is 2. The van der Waals surface area contributed by atoms with Crippen molar-refractivity contribution in [3.8, 4) is 0 Å². The number of rotatable bonds is 6. The van der Waals surface area contributed by atoms with Crippen molar-refractivity contribution in [3.05, 3.63) is 64.7 Å². The largest absolute Gasteiger partial charge is 0.372 e. The molecule has 2 aromatic rings. The lowest BCUT2D eigenvalue weighted by Gasteiger charge is -2.21. The third-order valence-corrected chi connectivity index (χ3v) is 5.10. The molecule has 1 aliphatic carbocycles. The third kappa shape index (κ3) is 4.67. The van der Waals surface area contributed by atoms with E-state index in [1.165, 1.54) is 17.5 Å². The van der Waals surface area contributed by atoms with Gasteiger partial charge in [-0.05, 0) is 74.1 Å². The molecule has 0 bridgehead atoms. The normalized spacial score (nSPS) is 12.4. The van der Waals surface area contributed by atoms with Gasteiger partial charge in [-0.3, -0.25) is 20.4 Å². The van der Waals surface area contributed by atoms with E-state index < -0.39 is 0 Å². The fourth-order valence-electron chi connectivity index (χ4n) is 3.58. The zero-order valence-corrected chi connectivity index (χ0v) is 16.0. The maximum absolute atomic E-state index is 12.2. The number of nitrogens with one attached hydrogen (secondary N) is 2. The van der Waals surface area contributed by atoms with E-state index in [2.05, 4.69) is 41.7 Å². The van der Waals surface area contributed by atoms with Gasteiger partial charge < -0.3 is 4.90 Å². The first-order chi connectivity index (χ1) is 13.1. The molecule has 0 aromatic heterocycles. The molecule has 0 unspecified atom stereocenters. The molecule has 0 saturated heterocycles. The van der Waals surface area contributed by atoms with E-state index >= 15 is 0 Å². The molecule has 0 atom stereocenters. The third-order valence-electron chi connectivity index (χ3n) is 5.10. The van der Waals surface area contributed by atoms with Crippen LogP contribution in [0.3, 0.4) is 0 Å². The topological polar surface area (TPSA) is 61.4 Å². The predicted molar refractivity (Wildman–Crippen MR) is 108 cm³/mol. The summed E-state index contributed by atoms with van der Waals surface area (Å²) in [5.41, 5.74) is 10.3. The summed E-state index contributed by atoms with van der Waals surface area (Å²) in [6.07, 6.45) is 3.67. The lowest BCUT2D eigenvalue weighted by atomic mass is 10.0. The van der Waals surface area contributed by atoms with Crippen LogP contribution in [0.1, 0.15) is 47.3 Å². The quantitative estimate of drug-likeness (QED) is 0.774. The highest BCUT2D eigenvalue weighted by atomic mass is 16.2. The number of carbonyl (C=O) groups is 2. The summed E-state index contributed by atoms with van der Waals surface area (Å²) in [7, 11) is 0. The molecule has 5 nitrogen and oxygen atoms in total. The average Bonchev–Trinajstić information content (AvgIpc) is 3.15. The standard InChI is InChI=1S/C22H27N3O2/c1-3-25(4-2)20-12-10-18(11-13-20)22(27)24-23-21(26)15-16-8-9-17-6-5-7-19(17)14-16/h8-14H,3-7,15H2,1-2H3,(H,23,26)(H,24,27). The van der Waals surface area contributed by atoms with Crippen LogP contribution in [-0.4, -0.2) is 24.9 Å². The molecule has 0 radical (unpaired) electrons. The lowest BCUT2D eigenvalue weighted by molar-refractivity contribution is -0.121. The van der Waals surface area contributed by atoms with Crippen LogP contribution in [0.2, 0.25) is 0 Å². The number of hydrogen-bond donors (Lipinski definition) is 2. The zero-order valence-electron chi connectivity index (χ0n) is 16.0. The second-order valence-electron chi connectivity index (χ2n) is 6.85. The van der Waals surface area contributed by atoms with Crippen molar-refractivity contribution in [2.45, 2.75) is 39.5 Å². The lowest BCUT2D eigenvalue weighted by Crippen LogP contribution is -2.42. The van der Waals surface area contributed by atoms with Crippen molar-refractivity contribution >= 4 is 17.5 Å². The van der Waals surface area contributed by atoms with E-state index in [9.17, 15) is 9.59 Å². The summed E-state index contributed by atoms with van der Waals surface area (Å²) in [5, 5.41) is 0. The van der Waals surface area contributed by atoms with Gasteiger partial charge in [0.1, 0.15) is 0 Å². The first-order valence-electron chi connectivity index (χ1n) is 9.65. The molecule has 5 heteroatoms. The number of fused-ring (bicyclic) bond motifs is 1. The van der Waals surface area contributed by atoms with Gasteiger partial charge in [0.05, 0.1) is 6.42 Å². The Balaban J connectivity index is 1.51. The van der Waals surface area contributed by atoms with Gasteiger partial charge in [-0.2, -0.15) is 0 Å². The predicted octanol–water partition coefficient (Wildman–Crippen LogP) is 3.03. The monoisotopic (exact) mass is 365 g/mol. The second kappa shape index (κ2) is 8.71. The summed E-state index contributed by atoms with van der Waals surface area (Å²) in [6.45, 7) is 6.03. The van der Waals surface area contributed by atoms with Crippen molar-refractivity contribution in [1.82, 2.24) is 10.9 Å². The minimum absolute atomic E-state index is 0.221. The maximum atomic E-state index is 12.2. The minimum atomic E-state index is -0.316. The first-order valence-corrected chi connectivity index (χ1v) is 9.65. The highest BCUT2D eigenvalue weighted by Gasteiger charge is 2.13. The smallest absolute Gasteiger partial charge is 0.269 e. The number of carbonyl (C=O) groups excluding carboxylic acids is 2. The van der Waals surface area contributed by atoms with E-state index in [0.29, 0.717) is 5.56 Å². The van der Waals surface area contributed by atoms with Gasteiger partial charge >= 0.3 is 0 Å². The molecule has 2 amide bonds.